The summed E-state index contributed by atoms with van der Waals surface area (Å²) < 4.78 is 67.3. The summed E-state index contributed by atoms with van der Waals surface area (Å²) >= 11 is 0. The van der Waals surface area contributed by atoms with Gasteiger partial charge in [-0.25, -0.2) is 4.79 Å². The molecule has 1 saturated heterocycles. The Morgan fingerprint density at radius 3 is 2.40 bits per heavy atom. The molecule has 2 rings (SSSR count). The lowest BCUT2D eigenvalue weighted by molar-refractivity contribution is -0.176. The van der Waals surface area contributed by atoms with Crippen LogP contribution in [0.15, 0.2) is 15.8 Å². The quantitative estimate of drug-likeness (QED) is 0.442. The van der Waals surface area contributed by atoms with Crippen LogP contribution in [0.25, 0.3) is 0 Å². The molecule has 166 valence electrons. The summed E-state index contributed by atoms with van der Waals surface area (Å²) in [5.41, 5.74) is -2.69. The molecular formula is C15H15F4N3O8. The fraction of sp³-hybridized carbons (Fsp3) is 0.533. The molecule has 1 aromatic heterocycles. The normalized spacial score (nSPS) is 23.7. The van der Waals surface area contributed by atoms with Gasteiger partial charge < -0.3 is 19.5 Å². The molecule has 0 aromatic carbocycles. The SMILES string of the molecule is CC(=O)OC[C@H]1O[C@@H](n2cc(F)c(=O)[nH]c2=O)[C@H](NC(=O)C(F)(F)F)[C@@H]1OC(C)=O. The Bertz CT molecular complexity index is 956. The lowest BCUT2D eigenvalue weighted by atomic mass is 10.1. The van der Waals surface area contributed by atoms with Gasteiger partial charge in [0.15, 0.2) is 12.3 Å². The van der Waals surface area contributed by atoms with Crippen LogP contribution < -0.4 is 16.6 Å². The molecule has 1 aliphatic rings. The van der Waals surface area contributed by atoms with E-state index in [9.17, 15) is 41.5 Å². The minimum Gasteiger partial charge on any atom is -0.463 e. The van der Waals surface area contributed by atoms with Crippen LogP contribution in [0.2, 0.25) is 0 Å². The average molecular weight is 441 g/mol. The summed E-state index contributed by atoms with van der Waals surface area (Å²) in [6, 6.07) is -1.87. The van der Waals surface area contributed by atoms with Crippen LogP contribution >= 0.6 is 0 Å². The molecule has 0 spiro atoms. The highest BCUT2D eigenvalue weighted by atomic mass is 19.4. The van der Waals surface area contributed by atoms with E-state index in [0.717, 1.165) is 13.8 Å². The molecule has 30 heavy (non-hydrogen) atoms. The number of esters is 2. The second-order valence-corrected chi connectivity index (χ2v) is 6.08. The molecule has 1 fully saturated rings. The Labute approximate surface area is 163 Å². The number of hydrogen-bond acceptors (Lipinski definition) is 8. The number of halogens is 4. The van der Waals surface area contributed by atoms with Crippen molar-refractivity contribution >= 4 is 17.8 Å². The highest BCUT2D eigenvalue weighted by Crippen LogP contribution is 2.32. The molecule has 2 N–H and O–H groups in total. The van der Waals surface area contributed by atoms with Gasteiger partial charge in [-0.1, -0.05) is 0 Å². The number of aromatic nitrogens is 2. The van der Waals surface area contributed by atoms with Gasteiger partial charge in [0.2, 0.25) is 5.82 Å². The van der Waals surface area contributed by atoms with Crippen LogP contribution in [0.5, 0.6) is 0 Å². The lowest BCUT2D eigenvalue weighted by Gasteiger charge is -2.25. The van der Waals surface area contributed by atoms with Gasteiger partial charge in [0.05, 0.1) is 6.20 Å². The Hall–Kier alpha value is -3.23. The lowest BCUT2D eigenvalue weighted by Crippen LogP contribution is -2.53. The van der Waals surface area contributed by atoms with Crippen molar-refractivity contribution in [2.24, 2.45) is 0 Å². The summed E-state index contributed by atoms with van der Waals surface area (Å²) in [6.45, 7) is 1.28. The van der Waals surface area contributed by atoms with Gasteiger partial charge in [-0.3, -0.25) is 28.7 Å². The van der Waals surface area contributed by atoms with Gasteiger partial charge in [-0.2, -0.15) is 17.6 Å². The largest absolute Gasteiger partial charge is 0.471 e. The minimum absolute atomic E-state index is 0.345. The van der Waals surface area contributed by atoms with E-state index < -0.39 is 72.2 Å². The molecule has 0 bridgehead atoms. The van der Waals surface area contributed by atoms with Crippen molar-refractivity contribution in [1.29, 1.82) is 0 Å². The molecule has 1 aliphatic heterocycles. The number of hydrogen-bond donors (Lipinski definition) is 2. The summed E-state index contributed by atoms with van der Waals surface area (Å²) in [5.74, 6) is -5.76. The third-order valence-electron chi connectivity index (χ3n) is 3.85. The number of amides is 1. The van der Waals surface area contributed by atoms with E-state index in [1.807, 2.05) is 0 Å². The number of nitrogens with zero attached hydrogens (tertiary/aromatic N) is 1. The standard InChI is InChI=1S/C15H15F4N3O8/c1-5(23)28-4-8-10(29-6(2)24)9(20-13(26)15(17,18)19)12(30-8)22-3-7(16)11(25)21-14(22)27/h3,8-10,12H,4H2,1-2H3,(H,20,26)(H,21,25,27)/t8-,9-,10-,12-/m1/s1. The minimum atomic E-state index is -5.36. The maximum Gasteiger partial charge on any atom is 0.471 e. The fourth-order valence-corrected chi connectivity index (χ4v) is 2.68. The first-order chi connectivity index (χ1) is 13.8. The van der Waals surface area contributed by atoms with Gasteiger partial charge in [0.25, 0.3) is 5.56 Å². The number of nitrogens with one attached hydrogen (secondary N) is 2. The molecule has 1 amide bonds. The number of carbonyl (C=O) groups is 3. The Balaban J connectivity index is 2.52. The van der Waals surface area contributed by atoms with E-state index >= 15 is 0 Å². The number of rotatable bonds is 5. The van der Waals surface area contributed by atoms with E-state index in [-0.39, 0.29) is 0 Å². The first kappa shape index (κ1) is 23.1. The van der Waals surface area contributed by atoms with Crippen LogP contribution in [0, 0.1) is 5.82 Å². The number of carbonyl (C=O) groups excluding carboxylic acids is 3. The van der Waals surface area contributed by atoms with Gasteiger partial charge in [-0.15, -0.1) is 0 Å². The zero-order valence-electron chi connectivity index (χ0n) is 15.3. The molecule has 15 heteroatoms. The van der Waals surface area contributed by atoms with E-state index in [0.29, 0.717) is 10.8 Å². The van der Waals surface area contributed by atoms with E-state index in [4.69, 9.17) is 14.2 Å². The monoisotopic (exact) mass is 441 g/mol. The maximum absolute atomic E-state index is 13.7. The predicted molar refractivity (Wildman–Crippen MR) is 85.4 cm³/mol. The van der Waals surface area contributed by atoms with Crippen LogP contribution in [0.1, 0.15) is 20.1 Å². The molecule has 0 aliphatic carbocycles. The molecule has 0 unspecified atom stereocenters. The number of H-pyrrole nitrogens is 1. The first-order valence-corrected chi connectivity index (χ1v) is 8.16. The van der Waals surface area contributed by atoms with Crippen molar-refractivity contribution in [3.05, 3.63) is 32.9 Å². The van der Waals surface area contributed by atoms with Crippen LogP contribution in [-0.2, 0) is 28.6 Å². The Morgan fingerprint density at radius 1 is 1.23 bits per heavy atom. The zero-order chi connectivity index (χ0) is 22.8. The number of ether oxygens (including phenoxy) is 3. The van der Waals surface area contributed by atoms with Gasteiger partial charge in [0.1, 0.15) is 18.8 Å². The molecular weight excluding hydrogens is 426 g/mol. The van der Waals surface area contributed by atoms with Gasteiger partial charge >= 0.3 is 29.7 Å². The first-order valence-electron chi connectivity index (χ1n) is 8.16. The highest BCUT2D eigenvalue weighted by molar-refractivity contribution is 5.82. The summed E-state index contributed by atoms with van der Waals surface area (Å²) in [7, 11) is 0. The van der Waals surface area contributed by atoms with Gasteiger partial charge in [0, 0.05) is 13.8 Å². The van der Waals surface area contributed by atoms with Crippen LogP contribution in [-0.4, -0.2) is 58.4 Å². The maximum atomic E-state index is 13.7. The van der Waals surface area contributed by atoms with Crippen molar-refractivity contribution < 1.29 is 46.2 Å². The Kier molecular flexibility index (Phi) is 6.64. The third-order valence-corrected chi connectivity index (χ3v) is 3.85. The van der Waals surface area contributed by atoms with Crippen LogP contribution in [0.4, 0.5) is 17.6 Å². The smallest absolute Gasteiger partial charge is 0.463 e. The van der Waals surface area contributed by atoms with Crippen molar-refractivity contribution in [3.8, 4) is 0 Å². The number of alkyl halides is 3. The molecule has 0 radical (unpaired) electrons. The summed E-state index contributed by atoms with van der Waals surface area (Å²) in [5, 5.41) is 1.52. The van der Waals surface area contributed by atoms with Crippen molar-refractivity contribution in [2.75, 3.05) is 6.61 Å². The summed E-state index contributed by atoms with van der Waals surface area (Å²) in [4.78, 5) is 58.8. The Morgan fingerprint density at radius 2 is 1.87 bits per heavy atom. The molecule has 11 nitrogen and oxygen atoms in total. The highest BCUT2D eigenvalue weighted by Gasteiger charge is 2.52. The molecule has 0 saturated carbocycles. The van der Waals surface area contributed by atoms with Crippen molar-refractivity contribution in [3.63, 3.8) is 0 Å². The fourth-order valence-electron chi connectivity index (χ4n) is 2.68. The van der Waals surface area contributed by atoms with E-state index in [1.54, 1.807) is 4.98 Å². The average Bonchev–Trinajstić information content (AvgIpc) is 2.92. The van der Waals surface area contributed by atoms with E-state index in [2.05, 4.69) is 0 Å². The summed E-state index contributed by atoms with van der Waals surface area (Å²) in [6.07, 6.45) is -9.98. The predicted octanol–water partition coefficient (Wildman–Crippen LogP) is -0.885. The zero-order valence-corrected chi connectivity index (χ0v) is 15.3. The van der Waals surface area contributed by atoms with Crippen molar-refractivity contribution in [2.45, 2.75) is 44.5 Å². The second kappa shape index (κ2) is 8.64. The topological polar surface area (TPSA) is 146 Å². The van der Waals surface area contributed by atoms with Crippen LogP contribution in [0.3, 0.4) is 0 Å². The molecule has 1 aromatic rings. The van der Waals surface area contributed by atoms with E-state index in [1.165, 1.54) is 5.32 Å². The molecule has 2 heterocycles. The second-order valence-electron chi connectivity index (χ2n) is 6.08. The van der Waals surface area contributed by atoms with Crippen molar-refractivity contribution in [1.82, 2.24) is 14.9 Å². The third kappa shape index (κ3) is 5.22. The van der Waals surface area contributed by atoms with Gasteiger partial charge in [-0.05, 0) is 0 Å². The molecule has 4 atom stereocenters. The number of aromatic amines is 1.